The summed E-state index contributed by atoms with van der Waals surface area (Å²) >= 11 is 0. The fraction of sp³-hybridized carbons (Fsp3) is 0.333. The van der Waals surface area contributed by atoms with Gasteiger partial charge in [-0.3, -0.25) is 9.59 Å². The molecule has 176 valence electrons. The topological polar surface area (TPSA) is 89.8 Å². The first-order valence-electron chi connectivity index (χ1n) is 11.1. The van der Waals surface area contributed by atoms with Crippen molar-refractivity contribution in [1.29, 1.82) is 0 Å². The molecule has 0 spiro atoms. The zero-order valence-corrected chi connectivity index (χ0v) is 18.7. The molecule has 9 nitrogen and oxygen atoms in total. The highest BCUT2D eigenvalue weighted by Crippen LogP contribution is 2.27. The van der Waals surface area contributed by atoms with E-state index in [2.05, 4.69) is 10.3 Å². The lowest BCUT2D eigenvalue weighted by Crippen LogP contribution is -2.50. The van der Waals surface area contributed by atoms with Gasteiger partial charge in [0.25, 0.3) is 11.8 Å². The van der Waals surface area contributed by atoms with Gasteiger partial charge in [-0.15, -0.1) is 5.10 Å². The maximum atomic E-state index is 13.2. The zero-order chi connectivity index (χ0) is 23.7. The Morgan fingerprint density at radius 1 is 0.971 bits per heavy atom. The van der Waals surface area contributed by atoms with Crippen molar-refractivity contribution in [3.8, 4) is 5.75 Å². The highest BCUT2D eigenvalue weighted by Gasteiger charge is 2.32. The van der Waals surface area contributed by atoms with Crippen molar-refractivity contribution in [3.63, 3.8) is 0 Å². The van der Waals surface area contributed by atoms with E-state index >= 15 is 0 Å². The van der Waals surface area contributed by atoms with Crippen LogP contribution in [0.4, 0.5) is 4.39 Å². The Morgan fingerprint density at radius 2 is 1.62 bits per heavy atom. The van der Waals surface area contributed by atoms with E-state index in [1.807, 2.05) is 0 Å². The third-order valence-electron chi connectivity index (χ3n) is 6.23. The van der Waals surface area contributed by atoms with Crippen LogP contribution in [-0.4, -0.2) is 69.9 Å². The summed E-state index contributed by atoms with van der Waals surface area (Å²) in [5.74, 6) is 0.0919. The molecule has 2 amide bonds. The number of ether oxygens (including phenoxy) is 2. The summed E-state index contributed by atoms with van der Waals surface area (Å²) in [4.78, 5) is 29.3. The second-order valence-corrected chi connectivity index (χ2v) is 8.23. The number of aromatic nitrogens is 3. The van der Waals surface area contributed by atoms with Crippen molar-refractivity contribution in [2.45, 2.75) is 19.3 Å². The van der Waals surface area contributed by atoms with Crippen LogP contribution in [0.15, 0.2) is 48.5 Å². The lowest BCUT2D eigenvalue weighted by atomic mass is 10.1. The fourth-order valence-electron chi connectivity index (χ4n) is 4.24. The van der Waals surface area contributed by atoms with Gasteiger partial charge in [0, 0.05) is 31.7 Å². The molecular weight excluding hydrogens is 441 g/mol. The monoisotopic (exact) mass is 465 g/mol. The first-order chi connectivity index (χ1) is 16.5. The van der Waals surface area contributed by atoms with Crippen LogP contribution in [0.25, 0.3) is 0 Å². The minimum absolute atomic E-state index is 0.0731. The van der Waals surface area contributed by atoms with Crippen LogP contribution in [0.5, 0.6) is 5.75 Å². The Labute approximate surface area is 195 Å². The van der Waals surface area contributed by atoms with Crippen molar-refractivity contribution in [2.75, 3.05) is 33.3 Å². The van der Waals surface area contributed by atoms with E-state index in [4.69, 9.17) is 9.47 Å². The van der Waals surface area contributed by atoms with Crippen LogP contribution in [-0.2, 0) is 17.9 Å². The van der Waals surface area contributed by atoms with Gasteiger partial charge in [0.05, 0.1) is 26.0 Å². The summed E-state index contributed by atoms with van der Waals surface area (Å²) in [6.45, 7) is 2.27. The van der Waals surface area contributed by atoms with Gasteiger partial charge in [-0.05, 0) is 42.0 Å². The molecule has 0 aliphatic carbocycles. The van der Waals surface area contributed by atoms with E-state index < -0.39 is 0 Å². The Balaban J connectivity index is 1.21. The molecule has 1 aromatic heterocycles. The van der Waals surface area contributed by atoms with Crippen molar-refractivity contribution < 1.29 is 23.5 Å². The van der Waals surface area contributed by atoms with E-state index in [-0.39, 0.29) is 36.0 Å². The molecular formula is C24H24FN5O4. The van der Waals surface area contributed by atoms with Crippen molar-refractivity contribution in [1.82, 2.24) is 24.8 Å². The third-order valence-corrected chi connectivity index (χ3v) is 6.23. The number of rotatable bonds is 4. The Morgan fingerprint density at radius 3 is 2.26 bits per heavy atom. The van der Waals surface area contributed by atoms with Crippen LogP contribution >= 0.6 is 0 Å². The molecule has 0 saturated carbocycles. The molecule has 2 aromatic carbocycles. The van der Waals surface area contributed by atoms with Gasteiger partial charge < -0.3 is 19.3 Å². The summed E-state index contributed by atoms with van der Waals surface area (Å²) in [5.41, 5.74) is 2.32. The Kier molecular flexibility index (Phi) is 5.97. The maximum Gasteiger partial charge on any atom is 0.276 e. The number of hydrogen-bond acceptors (Lipinski definition) is 6. The molecule has 1 atom stereocenters. The lowest BCUT2D eigenvalue weighted by molar-refractivity contribution is -0.00206. The van der Waals surface area contributed by atoms with Gasteiger partial charge >= 0.3 is 0 Å². The molecule has 2 aliphatic heterocycles. The van der Waals surface area contributed by atoms with Crippen LogP contribution < -0.4 is 4.74 Å². The number of amides is 2. The van der Waals surface area contributed by atoms with E-state index in [9.17, 15) is 14.0 Å². The average Bonchev–Trinajstić information content (AvgIpc) is 3.32. The Hall–Kier alpha value is -3.79. The minimum atomic E-state index is -0.306. The number of benzene rings is 2. The van der Waals surface area contributed by atoms with Crippen LogP contribution in [0.1, 0.15) is 38.2 Å². The zero-order valence-electron chi connectivity index (χ0n) is 18.7. The minimum Gasteiger partial charge on any atom is -0.497 e. The molecule has 34 heavy (non-hydrogen) atoms. The normalized spacial score (nSPS) is 17.9. The number of methoxy groups -OCH3 is 1. The fourth-order valence-corrected chi connectivity index (χ4v) is 4.24. The van der Waals surface area contributed by atoms with Crippen LogP contribution in [0.2, 0.25) is 0 Å². The van der Waals surface area contributed by atoms with E-state index in [1.54, 1.807) is 58.0 Å². The smallest absolute Gasteiger partial charge is 0.276 e. The molecule has 1 fully saturated rings. The second-order valence-electron chi connectivity index (χ2n) is 8.23. The summed E-state index contributed by atoms with van der Waals surface area (Å²) < 4.78 is 25.9. The first kappa shape index (κ1) is 22.0. The maximum absolute atomic E-state index is 13.2. The molecule has 0 bridgehead atoms. The molecule has 1 unspecified atom stereocenters. The summed E-state index contributed by atoms with van der Waals surface area (Å²) in [6.07, 6.45) is -0.287. The number of carbonyl (C=O) groups is 2. The number of fused-ring (bicyclic) bond motifs is 1. The van der Waals surface area contributed by atoms with Crippen molar-refractivity contribution >= 4 is 11.8 Å². The molecule has 2 aliphatic rings. The van der Waals surface area contributed by atoms with Gasteiger partial charge in [0.15, 0.2) is 5.69 Å². The van der Waals surface area contributed by atoms with Gasteiger partial charge in [-0.2, -0.15) is 0 Å². The Bertz CT molecular complexity index is 1190. The van der Waals surface area contributed by atoms with E-state index in [1.165, 1.54) is 12.1 Å². The van der Waals surface area contributed by atoms with Crippen molar-refractivity contribution in [3.05, 3.63) is 76.9 Å². The number of nitrogens with zero attached hydrogens (tertiary/aromatic N) is 5. The second kappa shape index (κ2) is 9.22. The molecule has 0 radical (unpaired) electrons. The first-order valence-corrected chi connectivity index (χ1v) is 11.1. The predicted molar refractivity (Wildman–Crippen MR) is 119 cm³/mol. The average molecular weight is 465 g/mol. The molecule has 10 heteroatoms. The van der Waals surface area contributed by atoms with E-state index in [0.717, 1.165) is 5.56 Å². The molecule has 1 saturated heterocycles. The summed E-state index contributed by atoms with van der Waals surface area (Å²) in [6, 6.07) is 13.1. The SMILES string of the molecule is COc1ccc(C(=O)N2CCN(C(=O)c3nnn4c3COC(c3ccc(F)cc3)C4)CC2)cc1. The van der Waals surface area contributed by atoms with E-state index in [0.29, 0.717) is 49.7 Å². The van der Waals surface area contributed by atoms with Crippen molar-refractivity contribution in [2.24, 2.45) is 0 Å². The standard InChI is InChI=1S/C24H24FN5O4/c1-33-19-8-4-17(5-9-19)23(31)28-10-12-29(13-11-28)24(32)22-20-15-34-21(14-30(20)27-26-22)16-2-6-18(25)7-3-16/h2-9,21H,10-15H2,1H3. The summed E-state index contributed by atoms with van der Waals surface area (Å²) in [5, 5.41) is 8.28. The molecule has 0 N–H and O–H groups in total. The molecule has 3 aromatic rings. The number of halogens is 1. The van der Waals surface area contributed by atoms with Gasteiger partial charge in [-0.1, -0.05) is 17.3 Å². The number of carbonyl (C=O) groups excluding carboxylic acids is 2. The largest absolute Gasteiger partial charge is 0.497 e. The van der Waals surface area contributed by atoms with Gasteiger partial charge in [0.1, 0.15) is 17.7 Å². The third kappa shape index (κ3) is 4.24. The van der Waals surface area contributed by atoms with Crippen LogP contribution in [0, 0.1) is 5.82 Å². The quantitative estimate of drug-likeness (QED) is 0.588. The number of hydrogen-bond donors (Lipinski definition) is 0. The lowest BCUT2D eigenvalue weighted by Gasteiger charge is -2.34. The molecule has 5 rings (SSSR count). The summed E-state index contributed by atoms with van der Waals surface area (Å²) in [7, 11) is 1.58. The predicted octanol–water partition coefficient (Wildman–Crippen LogP) is 2.30. The van der Waals surface area contributed by atoms with Gasteiger partial charge in [0.2, 0.25) is 0 Å². The van der Waals surface area contributed by atoms with Crippen LogP contribution in [0.3, 0.4) is 0 Å². The highest BCUT2D eigenvalue weighted by molar-refractivity contribution is 5.95. The highest BCUT2D eigenvalue weighted by atomic mass is 19.1. The van der Waals surface area contributed by atoms with Gasteiger partial charge in [-0.25, -0.2) is 9.07 Å². The molecule has 3 heterocycles. The number of piperazine rings is 1.